The Morgan fingerprint density at radius 2 is 2.25 bits per heavy atom. The average molecular weight is 273 g/mol. The lowest BCUT2D eigenvalue weighted by molar-refractivity contribution is -0.118. The molecular weight excluding hydrogens is 254 g/mol. The SMILES string of the molecule is CC[C@H](C)[C@H](N)C(=O)Nc1cccnc1-n1cccn1. The van der Waals surface area contributed by atoms with Gasteiger partial charge in [-0.3, -0.25) is 4.79 Å². The molecule has 0 spiro atoms. The fraction of sp³-hybridized carbons (Fsp3) is 0.357. The number of pyridine rings is 1. The Kier molecular flexibility index (Phi) is 4.47. The van der Waals surface area contributed by atoms with E-state index in [1.807, 2.05) is 13.8 Å². The number of amides is 1. The maximum atomic E-state index is 12.1. The molecule has 3 N–H and O–H groups in total. The van der Waals surface area contributed by atoms with E-state index in [2.05, 4.69) is 15.4 Å². The van der Waals surface area contributed by atoms with Gasteiger partial charge in [-0.2, -0.15) is 5.10 Å². The third-order valence-corrected chi connectivity index (χ3v) is 3.33. The number of anilines is 1. The molecular formula is C14H19N5O. The normalized spacial score (nSPS) is 13.8. The first kappa shape index (κ1) is 14.2. The molecule has 0 aliphatic heterocycles. The highest BCUT2D eigenvalue weighted by molar-refractivity contribution is 5.96. The minimum absolute atomic E-state index is 0.125. The Labute approximate surface area is 118 Å². The van der Waals surface area contributed by atoms with Crippen LogP contribution in [0.3, 0.4) is 0 Å². The zero-order valence-electron chi connectivity index (χ0n) is 11.7. The van der Waals surface area contributed by atoms with Crippen molar-refractivity contribution < 1.29 is 4.79 Å². The zero-order chi connectivity index (χ0) is 14.5. The lowest BCUT2D eigenvalue weighted by Crippen LogP contribution is -2.40. The molecule has 2 atom stereocenters. The third-order valence-electron chi connectivity index (χ3n) is 3.33. The van der Waals surface area contributed by atoms with E-state index in [1.54, 1.807) is 41.5 Å². The Hall–Kier alpha value is -2.21. The monoisotopic (exact) mass is 273 g/mol. The van der Waals surface area contributed by atoms with E-state index < -0.39 is 6.04 Å². The van der Waals surface area contributed by atoms with E-state index in [1.165, 1.54) is 0 Å². The van der Waals surface area contributed by atoms with Gasteiger partial charge < -0.3 is 11.1 Å². The first-order valence-electron chi connectivity index (χ1n) is 6.65. The van der Waals surface area contributed by atoms with E-state index in [0.29, 0.717) is 11.5 Å². The van der Waals surface area contributed by atoms with Crippen LogP contribution in [0.5, 0.6) is 0 Å². The second-order valence-corrected chi connectivity index (χ2v) is 4.73. The van der Waals surface area contributed by atoms with Crippen LogP contribution in [0, 0.1) is 5.92 Å². The summed E-state index contributed by atoms with van der Waals surface area (Å²) in [5.74, 6) is 0.489. The van der Waals surface area contributed by atoms with Crippen molar-refractivity contribution in [2.75, 3.05) is 5.32 Å². The summed E-state index contributed by atoms with van der Waals surface area (Å²) >= 11 is 0. The van der Waals surface area contributed by atoms with Crippen LogP contribution in [0.4, 0.5) is 5.69 Å². The summed E-state index contributed by atoms with van der Waals surface area (Å²) in [6.07, 6.45) is 5.94. The van der Waals surface area contributed by atoms with Gasteiger partial charge in [0.05, 0.1) is 11.7 Å². The lowest BCUT2D eigenvalue weighted by atomic mass is 9.99. The molecule has 0 bridgehead atoms. The number of nitrogens with two attached hydrogens (primary N) is 1. The van der Waals surface area contributed by atoms with Crippen molar-refractivity contribution >= 4 is 11.6 Å². The standard InChI is InChI=1S/C14H19N5O/c1-3-10(2)12(15)14(20)18-11-6-4-7-16-13(11)19-9-5-8-17-19/h4-10,12H,3,15H2,1-2H3,(H,18,20)/t10-,12-/m0/s1. The average Bonchev–Trinajstić information content (AvgIpc) is 3.00. The number of aromatic nitrogens is 3. The van der Waals surface area contributed by atoms with Crippen molar-refractivity contribution in [3.8, 4) is 5.82 Å². The lowest BCUT2D eigenvalue weighted by Gasteiger charge is -2.18. The Bertz CT molecular complexity index is 567. The van der Waals surface area contributed by atoms with E-state index in [9.17, 15) is 4.79 Å². The van der Waals surface area contributed by atoms with Crippen LogP contribution >= 0.6 is 0 Å². The molecule has 2 heterocycles. The molecule has 2 aromatic heterocycles. The van der Waals surface area contributed by atoms with Crippen LogP contribution in [-0.4, -0.2) is 26.7 Å². The highest BCUT2D eigenvalue weighted by Crippen LogP contribution is 2.17. The molecule has 0 saturated heterocycles. The van der Waals surface area contributed by atoms with E-state index in [-0.39, 0.29) is 11.8 Å². The smallest absolute Gasteiger partial charge is 0.241 e. The molecule has 2 rings (SSSR count). The molecule has 6 heteroatoms. The number of rotatable bonds is 5. The van der Waals surface area contributed by atoms with Gasteiger partial charge in [0, 0.05) is 18.6 Å². The number of hydrogen-bond acceptors (Lipinski definition) is 4. The van der Waals surface area contributed by atoms with E-state index in [0.717, 1.165) is 6.42 Å². The predicted molar refractivity (Wildman–Crippen MR) is 77.4 cm³/mol. The van der Waals surface area contributed by atoms with Crippen LogP contribution < -0.4 is 11.1 Å². The summed E-state index contributed by atoms with van der Waals surface area (Å²) in [7, 11) is 0. The predicted octanol–water partition coefficient (Wildman–Crippen LogP) is 1.58. The maximum absolute atomic E-state index is 12.1. The van der Waals surface area contributed by atoms with Crippen molar-refractivity contribution in [2.45, 2.75) is 26.3 Å². The molecule has 1 amide bonds. The molecule has 20 heavy (non-hydrogen) atoms. The van der Waals surface area contributed by atoms with Gasteiger partial charge in [-0.1, -0.05) is 20.3 Å². The van der Waals surface area contributed by atoms with Gasteiger partial charge in [0.15, 0.2) is 5.82 Å². The van der Waals surface area contributed by atoms with Gasteiger partial charge in [-0.05, 0) is 24.1 Å². The minimum Gasteiger partial charge on any atom is -0.322 e. The van der Waals surface area contributed by atoms with Gasteiger partial charge in [0.1, 0.15) is 0 Å². The maximum Gasteiger partial charge on any atom is 0.241 e. The van der Waals surface area contributed by atoms with Crippen LogP contribution in [0.1, 0.15) is 20.3 Å². The van der Waals surface area contributed by atoms with Crippen molar-refractivity contribution in [3.05, 3.63) is 36.8 Å². The quantitative estimate of drug-likeness (QED) is 0.866. The van der Waals surface area contributed by atoms with Crippen LogP contribution in [0.25, 0.3) is 5.82 Å². The second kappa shape index (κ2) is 6.29. The molecule has 0 aromatic carbocycles. The van der Waals surface area contributed by atoms with Gasteiger partial charge in [-0.15, -0.1) is 0 Å². The Balaban J connectivity index is 2.20. The molecule has 0 saturated carbocycles. The van der Waals surface area contributed by atoms with Crippen molar-refractivity contribution in [2.24, 2.45) is 11.7 Å². The summed E-state index contributed by atoms with van der Waals surface area (Å²) in [5, 5.41) is 6.95. The molecule has 0 radical (unpaired) electrons. The van der Waals surface area contributed by atoms with Gasteiger partial charge in [-0.25, -0.2) is 9.67 Å². The molecule has 0 unspecified atom stereocenters. The van der Waals surface area contributed by atoms with Crippen LogP contribution in [-0.2, 0) is 4.79 Å². The van der Waals surface area contributed by atoms with E-state index in [4.69, 9.17) is 5.73 Å². The van der Waals surface area contributed by atoms with E-state index >= 15 is 0 Å². The van der Waals surface area contributed by atoms with Crippen molar-refractivity contribution in [3.63, 3.8) is 0 Å². The molecule has 2 aromatic rings. The molecule has 0 fully saturated rings. The second-order valence-electron chi connectivity index (χ2n) is 4.73. The highest BCUT2D eigenvalue weighted by Gasteiger charge is 2.20. The molecule has 6 nitrogen and oxygen atoms in total. The number of carbonyl (C=O) groups is 1. The summed E-state index contributed by atoms with van der Waals surface area (Å²) in [5.41, 5.74) is 6.53. The van der Waals surface area contributed by atoms with Gasteiger partial charge >= 0.3 is 0 Å². The number of nitrogens with one attached hydrogen (secondary N) is 1. The molecule has 0 aliphatic carbocycles. The largest absolute Gasteiger partial charge is 0.322 e. The fourth-order valence-corrected chi connectivity index (χ4v) is 1.80. The third kappa shape index (κ3) is 3.03. The molecule has 0 aliphatic rings. The molecule has 106 valence electrons. The summed E-state index contributed by atoms with van der Waals surface area (Å²) in [6.45, 7) is 3.97. The Morgan fingerprint density at radius 1 is 1.45 bits per heavy atom. The zero-order valence-corrected chi connectivity index (χ0v) is 11.7. The van der Waals surface area contributed by atoms with Crippen molar-refractivity contribution in [1.82, 2.24) is 14.8 Å². The number of nitrogens with zero attached hydrogens (tertiary/aromatic N) is 3. The van der Waals surface area contributed by atoms with Crippen LogP contribution in [0.15, 0.2) is 36.8 Å². The number of carbonyl (C=O) groups excluding carboxylic acids is 1. The summed E-state index contributed by atoms with van der Waals surface area (Å²) in [4.78, 5) is 16.4. The minimum atomic E-state index is -0.536. The Morgan fingerprint density at radius 3 is 2.90 bits per heavy atom. The van der Waals surface area contributed by atoms with Gasteiger partial charge in [0.25, 0.3) is 0 Å². The first-order valence-corrected chi connectivity index (χ1v) is 6.65. The first-order chi connectivity index (χ1) is 9.63. The highest BCUT2D eigenvalue weighted by atomic mass is 16.2. The number of hydrogen-bond donors (Lipinski definition) is 2. The fourth-order valence-electron chi connectivity index (χ4n) is 1.80. The summed E-state index contributed by atoms with van der Waals surface area (Å²) in [6, 6.07) is 4.80. The summed E-state index contributed by atoms with van der Waals surface area (Å²) < 4.78 is 1.60. The van der Waals surface area contributed by atoms with Crippen LogP contribution in [0.2, 0.25) is 0 Å². The topological polar surface area (TPSA) is 85.8 Å². The van der Waals surface area contributed by atoms with Gasteiger partial charge in [0.2, 0.25) is 5.91 Å². The van der Waals surface area contributed by atoms with Crippen molar-refractivity contribution in [1.29, 1.82) is 0 Å².